The lowest BCUT2D eigenvalue weighted by Gasteiger charge is -2.08. The summed E-state index contributed by atoms with van der Waals surface area (Å²) in [5.74, 6) is 0. The summed E-state index contributed by atoms with van der Waals surface area (Å²) in [6.45, 7) is 3.30. The zero-order chi connectivity index (χ0) is 5.28. The highest BCUT2D eigenvalue weighted by Gasteiger charge is 2.16. The van der Waals surface area contributed by atoms with Crippen LogP contribution in [0.5, 0.6) is 0 Å². The van der Waals surface area contributed by atoms with E-state index in [4.69, 9.17) is 12.8 Å². The second-order valence-electron chi connectivity index (χ2n) is 2.13. The Bertz CT molecular complexity index is 57.1. The number of hydrogen-bond donors (Lipinski definition) is 0. The Morgan fingerprint density at radius 3 is 2.57 bits per heavy atom. The summed E-state index contributed by atoms with van der Waals surface area (Å²) >= 11 is 4.96. The first-order valence-corrected chi connectivity index (χ1v) is 3.11. The van der Waals surface area contributed by atoms with E-state index in [-0.39, 0.29) is 0 Å². The Morgan fingerprint density at radius 1 is 1.71 bits per heavy atom. The number of hydrogen-bond acceptors (Lipinski definition) is 1. The van der Waals surface area contributed by atoms with Crippen molar-refractivity contribution in [2.75, 3.05) is 6.54 Å². The van der Waals surface area contributed by atoms with Crippen LogP contribution in [0.1, 0.15) is 19.8 Å². The SMILES string of the molecule is CC1CCCN1[S]. The molecule has 0 saturated carbocycles. The van der Waals surface area contributed by atoms with Crippen LogP contribution in [-0.4, -0.2) is 16.9 Å². The van der Waals surface area contributed by atoms with Crippen LogP contribution in [0, 0.1) is 0 Å². The Hall–Kier alpha value is 0.310. The van der Waals surface area contributed by atoms with E-state index in [0.29, 0.717) is 6.04 Å². The molecule has 41 valence electrons. The average molecular weight is 116 g/mol. The molecule has 1 saturated heterocycles. The fraction of sp³-hybridized carbons (Fsp3) is 1.00. The van der Waals surface area contributed by atoms with E-state index < -0.39 is 0 Å². The van der Waals surface area contributed by atoms with Crippen molar-refractivity contribution in [3.05, 3.63) is 0 Å². The van der Waals surface area contributed by atoms with E-state index in [2.05, 4.69) is 6.92 Å². The normalized spacial score (nSPS) is 34.3. The molecule has 0 aromatic heterocycles. The maximum Gasteiger partial charge on any atom is 0.0183 e. The van der Waals surface area contributed by atoms with Crippen LogP contribution >= 0.6 is 12.8 Å². The smallest absolute Gasteiger partial charge is 0.0183 e. The van der Waals surface area contributed by atoms with Gasteiger partial charge in [-0.1, -0.05) is 0 Å². The predicted octanol–water partition coefficient (Wildman–Crippen LogP) is 1.58. The van der Waals surface area contributed by atoms with Crippen molar-refractivity contribution >= 4 is 12.8 Å². The molecule has 0 N–H and O–H groups in total. The highest BCUT2D eigenvalue weighted by Crippen LogP contribution is 2.16. The standard InChI is InChI=1S/C5H10NS/c1-5-3-2-4-6(5)7/h5H,2-4H2,1H3. The van der Waals surface area contributed by atoms with Crippen molar-refractivity contribution in [3.63, 3.8) is 0 Å². The second-order valence-corrected chi connectivity index (χ2v) is 2.60. The van der Waals surface area contributed by atoms with Crippen molar-refractivity contribution in [1.82, 2.24) is 4.31 Å². The molecule has 1 unspecified atom stereocenters. The maximum absolute atomic E-state index is 4.96. The minimum atomic E-state index is 0.662. The monoisotopic (exact) mass is 116 g/mol. The molecule has 2 heteroatoms. The summed E-state index contributed by atoms with van der Waals surface area (Å²) in [4.78, 5) is 0. The molecule has 1 nitrogen and oxygen atoms in total. The van der Waals surface area contributed by atoms with Crippen LogP contribution in [0.4, 0.5) is 0 Å². The van der Waals surface area contributed by atoms with Crippen LogP contribution < -0.4 is 0 Å². The summed E-state index contributed by atoms with van der Waals surface area (Å²) in [5.41, 5.74) is 0. The fourth-order valence-corrected chi connectivity index (χ4v) is 1.14. The van der Waals surface area contributed by atoms with E-state index in [9.17, 15) is 0 Å². The first-order valence-electron chi connectivity index (χ1n) is 2.74. The highest BCUT2D eigenvalue weighted by molar-refractivity contribution is 7.77. The van der Waals surface area contributed by atoms with Gasteiger partial charge in [-0.15, -0.1) is 0 Å². The molecule has 1 rings (SSSR count). The van der Waals surface area contributed by atoms with Gasteiger partial charge in [0.2, 0.25) is 0 Å². The first-order chi connectivity index (χ1) is 3.30. The molecule has 1 radical (unpaired) electrons. The summed E-state index contributed by atoms with van der Waals surface area (Å²) in [7, 11) is 0. The van der Waals surface area contributed by atoms with Crippen molar-refractivity contribution in [2.45, 2.75) is 25.8 Å². The third-order valence-corrected chi connectivity index (χ3v) is 2.03. The minimum Gasteiger partial charge on any atom is -0.237 e. The van der Waals surface area contributed by atoms with Crippen LogP contribution in [0.15, 0.2) is 0 Å². The van der Waals surface area contributed by atoms with Gasteiger partial charge in [0.25, 0.3) is 0 Å². The van der Waals surface area contributed by atoms with E-state index in [1.165, 1.54) is 12.8 Å². The Balaban J connectivity index is 2.33. The molecule has 0 aromatic rings. The molecule has 1 fully saturated rings. The molecular weight excluding hydrogens is 106 g/mol. The molecule has 0 aromatic carbocycles. The Kier molecular flexibility index (Phi) is 1.60. The van der Waals surface area contributed by atoms with Crippen molar-refractivity contribution in [3.8, 4) is 0 Å². The third-order valence-electron chi connectivity index (χ3n) is 1.49. The average Bonchev–Trinajstić information content (AvgIpc) is 1.91. The molecular formula is C5H10NS. The minimum absolute atomic E-state index is 0.662. The van der Waals surface area contributed by atoms with Gasteiger partial charge in [-0.2, -0.15) is 0 Å². The van der Waals surface area contributed by atoms with Gasteiger partial charge in [-0.25, -0.2) is 4.31 Å². The van der Waals surface area contributed by atoms with Crippen molar-refractivity contribution in [2.24, 2.45) is 0 Å². The van der Waals surface area contributed by atoms with Gasteiger partial charge in [-0.05, 0) is 19.8 Å². The van der Waals surface area contributed by atoms with Gasteiger partial charge in [0.05, 0.1) is 0 Å². The topological polar surface area (TPSA) is 3.24 Å². The van der Waals surface area contributed by atoms with Crippen LogP contribution in [0.25, 0.3) is 0 Å². The second kappa shape index (κ2) is 2.05. The summed E-state index contributed by atoms with van der Waals surface area (Å²) in [6.07, 6.45) is 2.59. The largest absolute Gasteiger partial charge is 0.237 e. The molecule has 0 bridgehead atoms. The lowest BCUT2D eigenvalue weighted by atomic mass is 10.3. The highest BCUT2D eigenvalue weighted by atomic mass is 32.1. The van der Waals surface area contributed by atoms with Gasteiger partial charge in [0, 0.05) is 25.4 Å². The van der Waals surface area contributed by atoms with Crippen LogP contribution in [0.2, 0.25) is 0 Å². The third kappa shape index (κ3) is 1.10. The molecule has 1 atom stereocenters. The Morgan fingerprint density at radius 2 is 2.43 bits per heavy atom. The van der Waals surface area contributed by atoms with Gasteiger partial charge >= 0.3 is 0 Å². The molecule has 0 amide bonds. The van der Waals surface area contributed by atoms with Gasteiger partial charge in [-0.3, -0.25) is 0 Å². The summed E-state index contributed by atoms with van der Waals surface area (Å²) in [6, 6.07) is 0.662. The van der Waals surface area contributed by atoms with Gasteiger partial charge in [0.1, 0.15) is 0 Å². The predicted molar refractivity (Wildman–Crippen MR) is 33.0 cm³/mol. The van der Waals surface area contributed by atoms with Crippen molar-refractivity contribution in [1.29, 1.82) is 0 Å². The van der Waals surface area contributed by atoms with E-state index in [0.717, 1.165) is 6.54 Å². The summed E-state index contributed by atoms with van der Waals surface area (Å²) < 4.78 is 1.99. The molecule has 0 spiro atoms. The fourth-order valence-electron chi connectivity index (χ4n) is 0.907. The molecule has 1 heterocycles. The Labute approximate surface area is 50.2 Å². The maximum atomic E-state index is 4.96. The van der Waals surface area contributed by atoms with Gasteiger partial charge < -0.3 is 0 Å². The van der Waals surface area contributed by atoms with Crippen LogP contribution in [-0.2, 0) is 0 Å². The zero-order valence-electron chi connectivity index (χ0n) is 4.55. The lowest BCUT2D eigenvalue weighted by Crippen LogP contribution is -2.14. The number of nitrogens with zero attached hydrogens (tertiary/aromatic N) is 1. The molecule has 1 aliphatic rings. The van der Waals surface area contributed by atoms with E-state index in [1.807, 2.05) is 4.31 Å². The van der Waals surface area contributed by atoms with Gasteiger partial charge in [0.15, 0.2) is 0 Å². The lowest BCUT2D eigenvalue weighted by molar-refractivity contribution is 0.473. The van der Waals surface area contributed by atoms with E-state index in [1.54, 1.807) is 0 Å². The first kappa shape index (κ1) is 5.45. The molecule has 0 aliphatic carbocycles. The molecule has 7 heavy (non-hydrogen) atoms. The van der Waals surface area contributed by atoms with Crippen LogP contribution in [0.3, 0.4) is 0 Å². The zero-order valence-corrected chi connectivity index (χ0v) is 5.37. The summed E-state index contributed by atoms with van der Waals surface area (Å²) in [5, 5.41) is 0. The quantitative estimate of drug-likeness (QED) is 0.464. The molecule has 1 aliphatic heterocycles. The van der Waals surface area contributed by atoms with Crippen molar-refractivity contribution < 1.29 is 0 Å². The van der Waals surface area contributed by atoms with E-state index >= 15 is 0 Å². The number of rotatable bonds is 0.